The number of fused-ring (bicyclic) bond motifs is 2. The second kappa shape index (κ2) is 5.99. The SMILES string of the molecule is COC(=O)C1c2ccsc2CCN1C(=O)c1nc2ccccc2s1. The van der Waals surface area contributed by atoms with E-state index in [0.29, 0.717) is 11.6 Å². The Morgan fingerprint density at radius 3 is 2.92 bits per heavy atom. The second-order valence-corrected chi connectivity index (χ2v) is 7.49. The number of nitrogens with zero attached hydrogens (tertiary/aromatic N) is 2. The normalized spacial score (nSPS) is 16.9. The molecule has 1 atom stereocenters. The molecule has 0 bridgehead atoms. The van der Waals surface area contributed by atoms with Crippen LogP contribution in [0.2, 0.25) is 0 Å². The molecule has 0 saturated carbocycles. The van der Waals surface area contributed by atoms with E-state index in [9.17, 15) is 9.59 Å². The van der Waals surface area contributed by atoms with Crippen molar-refractivity contribution in [2.45, 2.75) is 12.5 Å². The molecular weight excluding hydrogens is 344 g/mol. The van der Waals surface area contributed by atoms with Gasteiger partial charge in [-0.1, -0.05) is 12.1 Å². The zero-order valence-corrected chi connectivity index (χ0v) is 14.5. The number of benzene rings is 1. The third kappa shape index (κ3) is 2.40. The molecule has 1 aliphatic rings. The van der Waals surface area contributed by atoms with E-state index in [1.54, 1.807) is 16.2 Å². The van der Waals surface area contributed by atoms with Crippen molar-refractivity contribution in [3.8, 4) is 0 Å². The molecule has 5 nitrogen and oxygen atoms in total. The van der Waals surface area contributed by atoms with Gasteiger partial charge in [0.1, 0.15) is 0 Å². The molecule has 1 aromatic carbocycles. The number of carbonyl (C=O) groups is 2. The van der Waals surface area contributed by atoms with E-state index < -0.39 is 12.0 Å². The van der Waals surface area contributed by atoms with Crippen molar-refractivity contribution in [3.63, 3.8) is 0 Å². The molecule has 0 aliphatic carbocycles. The maximum Gasteiger partial charge on any atom is 0.333 e. The molecule has 24 heavy (non-hydrogen) atoms. The maximum atomic E-state index is 13.0. The van der Waals surface area contributed by atoms with Gasteiger partial charge < -0.3 is 9.64 Å². The molecule has 1 amide bonds. The number of aromatic nitrogens is 1. The number of carbonyl (C=O) groups excluding carboxylic acids is 2. The van der Waals surface area contributed by atoms with Crippen LogP contribution in [0, 0.1) is 0 Å². The van der Waals surface area contributed by atoms with Crippen molar-refractivity contribution >= 4 is 44.8 Å². The van der Waals surface area contributed by atoms with E-state index in [0.717, 1.165) is 27.1 Å². The van der Waals surface area contributed by atoms with Gasteiger partial charge in [-0.3, -0.25) is 4.79 Å². The Balaban J connectivity index is 1.73. The lowest BCUT2D eigenvalue weighted by molar-refractivity contribution is -0.146. The van der Waals surface area contributed by atoms with Gasteiger partial charge in [-0.15, -0.1) is 22.7 Å². The lowest BCUT2D eigenvalue weighted by atomic mass is 10.00. The molecule has 3 aromatic rings. The average molecular weight is 358 g/mol. The summed E-state index contributed by atoms with van der Waals surface area (Å²) in [6, 6.07) is 8.85. The third-order valence-corrected chi connectivity index (χ3v) is 6.15. The first-order valence-corrected chi connectivity index (χ1v) is 9.19. The fourth-order valence-electron chi connectivity index (χ4n) is 2.99. The van der Waals surface area contributed by atoms with Crippen LogP contribution in [0.25, 0.3) is 10.2 Å². The number of hydrogen-bond donors (Lipinski definition) is 0. The highest BCUT2D eigenvalue weighted by molar-refractivity contribution is 7.20. The zero-order chi connectivity index (χ0) is 16.7. The van der Waals surface area contributed by atoms with Crippen LogP contribution >= 0.6 is 22.7 Å². The van der Waals surface area contributed by atoms with Crippen LogP contribution in [0.5, 0.6) is 0 Å². The molecule has 1 unspecified atom stereocenters. The summed E-state index contributed by atoms with van der Waals surface area (Å²) >= 11 is 2.96. The summed E-state index contributed by atoms with van der Waals surface area (Å²) in [5.41, 5.74) is 1.67. The van der Waals surface area contributed by atoms with Gasteiger partial charge in [-0.05, 0) is 35.6 Å². The van der Waals surface area contributed by atoms with E-state index in [1.165, 1.54) is 18.4 Å². The Morgan fingerprint density at radius 1 is 1.29 bits per heavy atom. The largest absolute Gasteiger partial charge is 0.467 e. The molecule has 0 radical (unpaired) electrons. The number of ether oxygens (including phenoxy) is 1. The summed E-state index contributed by atoms with van der Waals surface area (Å²) < 4.78 is 5.91. The van der Waals surface area contributed by atoms with Gasteiger partial charge in [-0.2, -0.15) is 0 Å². The van der Waals surface area contributed by atoms with Crippen molar-refractivity contribution in [3.05, 3.63) is 51.2 Å². The Hall–Kier alpha value is -2.25. The van der Waals surface area contributed by atoms with Gasteiger partial charge in [0, 0.05) is 11.4 Å². The molecule has 122 valence electrons. The summed E-state index contributed by atoms with van der Waals surface area (Å²) in [6.45, 7) is 0.488. The first kappa shape index (κ1) is 15.3. The van der Waals surface area contributed by atoms with Gasteiger partial charge in [0.2, 0.25) is 0 Å². The smallest absolute Gasteiger partial charge is 0.333 e. The summed E-state index contributed by atoms with van der Waals surface area (Å²) in [4.78, 5) is 32.5. The lowest BCUT2D eigenvalue weighted by Gasteiger charge is -2.33. The average Bonchev–Trinajstić information content (AvgIpc) is 3.25. The fraction of sp³-hybridized carbons (Fsp3) is 0.235. The third-order valence-electron chi connectivity index (χ3n) is 4.13. The molecule has 0 spiro atoms. The van der Waals surface area contributed by atoms with Crippen LogP contribution in [0.1, 0.15) is 26.3 Å². The number of thiophene rings is 1. The Bertz CT molecular complexity index is 898. The van der Waals surface area contributed by atoms with Gasteiger partial charge in [0.25, 0.3) is 5.91 Å². The Labute approximate surface area is 146 Å². The van der Waals surface area contributed by atoms with E-state index in [4.69, 9.17) is 4.74 Å². The van der Waals surface area contributed by atoms with Gasteiger partial charge in [0.15, 0.2) is 11.0 Å². The highest BCUT2D eigenvalue weighted by Crippen LogP contribution is 2.35. The van der Waals surface area contributed by atoms with E-state index in [1.807, 2.05) is 35.7 Å². The minimum Gasteiger partial charge on any atom is -0.467 e. The maximum absolute atomic E-state index is 13.0. The molecule has 0 N–H and O–H groups in total. The van der Waals surface area contributed by atoms with Crippen molar-refractivity contribution in [2.75, 3.05) is 13.7 Å². The number of amides is 1. The Kier molecular flexibility index (Phi) is 3.82. The van der Waals surface area contributed by atoms with Gasteiger partial charge in [0.05, 0.1) is 17.3 Å². The standard InChI is InChI=1S/C17H14N2O3S2/c1-22-17(21)14-10-7-9-23-12(10)6-8-19(14)16(20)15-18-11-4-2-3-5-13(11)24-15/h2-5,7,9,14H,6,8H2,1H3. The summed E-state index contributed by atoms with van der Waals surface area (Å²) in [5, 5.41) is 2.36. The van der Waals surface area contributed by atoms with Gasteiger partial charge in [-0.25, -0.2) is 9.78 Å². The van der Waals surface area contributed by atoms with Crippen LogP contribution in [-0.4, -0.2) is 35.4 Å². The number of methoxy groups -OCH3 is 1. The minimum atomic E-state index is -0.690. The molecule has 3 heterocycles. The van der Waals surface area contributed by atoms with E-state index >= 15 is 0 Å². The minimum absolute atomic E-state index is 0.219. The first-order chi connectivity index (χ1) is 11.7. The van der Waals surface area contributed by atoms with Gasteiger partial charge >= 0.3 is 5.97 Å². The van der Waals surface area contributed by atoms with Crippen LogP contribution in [-0.2, 0) is 16.0 Å². The molecule has 2 aromatic heterocycles. The van der Waals surface area contributed by atoms with Crippen LogP contribution in [0.4, 0.5) is 0 Å². The highest BCUT2D eigenvalue weighted by Gasteiger charge is 2.38. The number of esters is 1. The first-order valence-electron chi connectivity index (χ1n) is 7.49. The number of para-hydroxylation sites is 1. The lowest BCUT2D eigenvalue weighted by Crippen LogP contribution is -2.43. The number of thiazole rings is 1. The van der Waals surface area contributed by atoms with Crippen molar-refractivity contribution < 1.29 is 14.3 Å². The molecule has 0 saturated heterocycles. The zero-order valence-electron chi connectivity index (χ0n) is 12.9. The monoisotopic (exact) mass is 358 g/mol. The molecule has 7 heteroatoms. The molecule has 1 aliphatic heterocycles. The topological polar surface area (TPSA) is 59.5 Å². The number of hydrogen-bond acceptors (Lipinski definition) is 6. The number of rotatable bonds is 2. The molecule has 4 rings (SSSR count). The summed E-state index contributed by atoms with van der Waals surface area (Å²) in [5.74, 6) is -0.632. The van der Waals surface area contributed by atoms with Crippen molar-refractivity contribution in [2.24, 2.45) is 0 Å². The van der Waals surface area contributed by atoms with E-state index in [-0.39, 0.29) is 5.91 Å². The Morgan fingerprint density at radius 2 is 2.12 bits per heavy atom. The molecule has 0 fully saturated rings. The van der Waals surface area contributed by atoms with E-state index in [2.05, 4.69) is 4.98 Å². The quantitative estimate of drug-likeness (QED) is 0.660. The summed E-state index contributed by atoms with van der Waals surface area (Å²) in [6.07, 6.45) is 0.747. The predicted octanol–water partition coefficient (Wildman–Crippen LogP) is 3.27. The van der Waals surface area contributed by atoms with Crippen LogP contribution in [0.15, 0.2) is 35.7 Å². The van der Waals surface area contributed by atoms with Crippen molar-refractivity contribution in [1.82, 2.24) is 9.88 Å². The van der Waals surface area contributed by atoms with Crippen LogP contribution < -0.4 is 0 Å². The van der Waals surface area contributed by atoms with Crippen molar-refractivity contribution in [1.29, 1.82) is 0 Å². The van der Waals surface area contributed by atoms with Crippen LogP contribution in [0.3, 0.4) is 0 Å². The summed E-state index contributed by atoms with van der Waals surface area (Å²) in [7, 11) is 1.35. The highest BCUT2D eigenvalue weighted by atomic mass is 32.1. The predicted molar refractivity (Wildman–Crippen MR) is 93.4 cm³/mol. The fourth-order valence-corrected chi connectivity index (χ4v) is 4.81. The molecular formula is C17H14N2O3S2. The second-order valence-electron chi connectivity index (χ2n) is 5.46.